The molecule has 0 saturated carbocycles. The summed E-state index contributed by atoms with van der Waals surface area (Å²) < 4.78 is 0. The number of rotatable bonds is 1. The Morgan fingerprint density at radius 3 is 2.25 bits per heavy atom. The van der Waals surface area contributed by atoms with Crippen molar-refractivity contribution in [2.24, 2.45) is 0 Å². The van der Waals surface area contributed by atoms with E-state index < -0.39 is 5.79 Å². The van der Waals surface area contributed by atoms with Gasteiger partial charge in [-0.25, -0.2) is 0 Å². The van der Waals surface area contributed by atoms with Crippen molar-refractivity contribution in [1.29, 1.82) is 0 Å². The summed E-state index contributed by atoms with van der Waals surface area (Å²) in [5.74, 6) is -1.75. The molecule has 0 aliphatic heterocycles. The van der Waals surface area contributed by atoms with Gasteiger partial charge in [0.05, 0.1) is 0 Å². The molecule has 2 heteroatoms. The minimum atomic E-state index is -1.75. The molecular weight excluding hydrogens is 200 g/mol. The molecule has 0 aromatic heterocycles. The Labute approximate surface area is 95.6 Å². The summed E-state index contributed by atoms with van der Waals surface area (Å²) in [7, 11) is 0. The third-order valence-electron chi connectivity index (χ3n) is 2.85. The fourth-order valence-electron chi connectivity index (χ4n) is 2.35. The van der Waals surface area contributed by atoms with E-state index in [0.717, 1.165) is 16.7 Å². The van der Waals surface area contributed by atoms with Gasteiger partial charge in [-0.15, -0.1) is 0 Å². The summed E-state index contributed by atoms with van der Waals surface area (Å²) in [6, 6.07) is 9.51. The lowest BCUT2D eigenvalue weighted by Crippen LogP contribution is -2.32. The molecule has 1 aliphatic carbocycles. The van der Waals surface area contributed by atoms with E-state index in [2.05, 4.69) is 0 Å². The molecule has 0 amide bonds. The van der Waals surface area contributed by atoms with Crippen LogP contribution in [0.3, 0.4) is 0 Å². The van der Waals surface area contributed by atoms with Crippen LogP contribution in [-0.2, 0) is 0 Å². The summed E-state index contributed by atoms with van der Waals surface area (Å²) in [4.78, 5) is 0. The first-order chi connectivity index (χ1) is 7.50. The van der Waals surface area contributed by atoms with Crippen LogP contribution < -0.4 is 0 Å². The van der Waals surface area contributed by atoms with Gasteiger partial charge in [-0.3, -0.25) is 0 Å². The highest BCUT2D eigenvalue weighted by Crippen LogP contribution is 2.37. The van der Waals surface area contributed by atoms with Crippen molar-refractivity contribution in [3.05, 3.63) is 53.1 Å². The molecule has 0 bridgehead atoms. The highest BCUT2D eigenvalue weighted by Gasteiger charge is 2.33. The molecule has 16 heavy (non-hydrogen) atoms. The van der Waals surface area contributed by atoms with Gasteiger partial charge in [0.1, 0.15) is 0 Å². The average molecular weight is 216 g/mol. The van der Waals surface area contributed by atoms with E-state index in [9.17, 15) is 10.2 Å². The quantitative estimate of drug-likeness (QED) is 0.708. The zero-order valence-electron chi connectivity index (χ0n) is 9.57. The van der Waals surface area contributed by atoms with E-state index in [1.54, 1.807) is 0 Å². The maximum atomic E-state index is 10.1. The summed E-state index contributed by atoms with van der Waals surface area (Å²) in [6.45, 7) is 3.82. The Morgan fingerprint density at radius 1 is 1.06 bits per heavy atom. The van der Waals surface area contributed by atoms with Crippen LogP contribution >= 0.6 is 0 Å². The molecule has 2 N–H and O–H groups in total. The van der Waals surface area contributed by atoms with Crippen LogP contribution in [0.2, 0.25) is 0 Å². The molecule has 0 atom stereocenters. The lowest BCUT2D eigenvalue weighted by molar-refractivity contribution is -0.107. The Balaban J connectivity index is 2.57. The van der Waals surface area contributed by atoms with Crippen LogP contribution in [0.15, 0.2) is 47.6 Å². The minimum Gasteiger partial charge on any atom is -0.362 e. The van der Waals surface area contributed by atoms with Crippen molar-refractivity contribution < 1.29 is 10.2 Å². The third kappa shape index (κ3) is 1.94. The molecule has 1 aromatic carbocycles. The molecule has 1 aromatic rings. The van der Waals surface area contributed by atoms with Crippen molar-refractivity contribution >= 4 is 5.57 Å². The smallest absolute Gasteiger partial charge is 0.194 e. The van der Waals surface area contributed by atoms with Gasteiger partial charge < -0.3 is 10.2 Å². The Hall–Kier alpha value is -1.38. The lowest BCUT2D eigenvalue weighted by atomic mass is 9.84. The topological polar surface area (TPSA) is 40.5 Å². The molecule has 0 heterocycles. The highest BCUT2D eigenvalue weighted by molar-refractivity contribution is 5.76. The summed E-state index contributed by atoms with van der Waals surface area (Å²) in [5.41, 5.74) is 3.38. The molecule has 2 nitrogen and oxygen atoms in total. The zero-order chi connectivity index (χ0) is 11.8. The van der Waals surface area contributed by atoms with Crippen molar-refractivity contribution in [3.8, 4) is 0 Å². The second kappa shape index (κ2) is 3.89. The van der Waals surface area contributed by atoms with Gasteiger partial charge in [0.25, 0.3) is 0 Å². The normalized spacial score (nSPS) is 19.6. The van der Waals surface area contributed by atoms with E-state index >= 15 is 0 Å². The SMILES string of the molecule is CC1=CC(C)=C(c2ccccc2)C(O)(O)C1. The van der Waals surface area contributed by atoms with E-state index in [4.69, 9.17) is 0 Å². The molecule has 1 aliphatic rings. The number of hydrogen-bond donors (Lipinski definition) is 2. The number of hydrogen-bond acceptors (Lipinski definition) is 2. The lowest BCUT2D eigenvalue weighted by Gasteiger charge is -2.30. The van der Waals surface area contributed by atoms with E-state index in [1.807, 2.05) is 50.3 Å². The van der Waals surface area contributed by atoms with Crippen molar-refractivity contribution in [1.82, 2.24) is 0 Å². The molecular formula is C14H16O2. The Bertz CT molecular complexity index is 453. The summed E-state index contributed by atoms with van der Waals surface area (Å²) in [5, 5.41) is 20.2. The summed E-state index contributed by atoms with van der Waals surface area (Å²) >= 11 is 0. The largest absolute Gasteiger partial charge is 0.362 e. The molecule has 0 saturated heterocycles. The second-order valence-electron chi connectivity index (χ2n) is 4.41. The van der Waals surface area contributed by atoms with Gasteiger partial charge in [-0.1, -0.05) is 42.0 Å². The van der Waals surface area contributed by atoms with Gasteiger partial charge in [0, 0.05) is 12.0 Å². The monoisotopic (exact) mass is 216 g/mol. The standard InChI is InChI=1S/C14H16O2/c1-10-8-11(2)13(14(15,16)9-10)12-6-4-3-5-7-12/h3-8,15-16H,9H2,1-2H3. The number of aliphatic hydroxyl groups is 2. The molecule has 0 radical (unpaired) electrons. The first-order valence-corrected chi connectivity index (χ1v) is 5.39. The second-order valence-corrected chi connectivity index (χ2v) is 4.41. The van der Waals surface area contributed by atoms with Gasteiger partial charge in [-0.05, 0) is 25.0 Å². The first-order valence-electron chi connectivity index (χ1n) is 5.39. The van der Waals surface area contributed by atoms with E-state index in [0.29, 0.717) is 5.57 Å². The molecule has 0 unspecified atom stereocenters. The van der Waals surface area contributed by atoms with Crippen LogP contribution in [0.25, 0.3) is 5.57 Å². The molecule has 84 valence electrons. The summed E-state index contributed by atoms with van der Waals surface area (Å²) in [6.07, 6.45) is 2.28. The Kier molecular flexibility index (Phi) is 2.70. The fraction of sp³-hybridized carbons (Fsp3) is 0.286. The zero-order valence-corrected chi connectivity index (χ0v) is 9.57. The van der Waals surface area contributed by atoms with Crippen LogP contribution in [-0.4, -0.2) is 16.0 Å². The maximum absolute atomic E-state index is 10.1. The van der Waals surface area contributed by atoms with Crippen LogP contribution in [0.5, 0.6) is 0 Å². The average Bonchev–Trinajstić information content (AvgIpc) is 2.15. The van der Waals surface area contributed by atoms with Gasteiger partial charge in [0.15, 0.2) is 5.79 Å². The van der Waals surface area contributed by atoms with Crippen LogP contribution in [0.4, 0.5) is 0 Å². The van der Waals surface area contributed by atoms with Crippen molar-refractivity contribution in [3.63, 3.8) is 0 Å². The first kappa shape index (κ1) is 11.1. The third-order valence-corrected chi connectivity index (χ3v) is 2.85. The van der Waals surface area contributed by atoms with E-state index in [-0.39, 0.29) is 6.42 Å². The van der Waals surface area contributed by atoms with Gasteiger partial charge >= 0.3 is 0 Å². The van der Waals surface area contributed by atoms with E-state index in [1.165, 1.54) is 0 Å². The fourth-order valence-corrected chi connectivity index (χ4v) is 2.35. The molecule has 0 fully saturated rings. The molecule has 2 rings (SSSR count). The predicted molar refractivity (Wildman–Crippen MR) is 64.6 cm³/mol. The minimum absolute atomic E-state index is 0.272. The van der Waals surface area contributed by atoms with Crippen molar-refractivity contribution in [2.45, 2.75) is 26.1 Å². The molecule has 0 spiro atoms. The Morgan fingerprint density at radius 2 is 1.69 bits per heavy atom. The van der Waals surface area contributed by atoms with Crippen LogP contribution in [0.1, 0.15) is 25.8 Å². The van der Waals surface area contributed by atoms with Gasteiger partial charge in [0.2, 0.25) is 0 Å². The number of benzene rings is 1. The van der Waals surface area contributed by atoms with Crippen molar-refractivity contribution in [2.75, 3.05) is 0 Å². The highest BCUT2D eigenvalue weighted by atomic mass is 16.5. The maximum Gasteiger partial charge on any atom is 0.194 e. The van der Waals surface area contributed by atoms with Crippen LogP contribution in [0, 0.1) is 0 Å². The predicted octanol–water partition coefficient (Wildman–Crippen LogP) is 2.49. The van der Waals surface area contributed by atoms with Gasteiger partial charge in [-0.2, -0.15) is 0 Å². The number of allylic oxidation sites excluding steroid dienone is 2.